The first-order valence-electron chi connectivity index (χ1n) is 10.8. The van der Waals surface area contributed by atoms with Gasteiger partial charge in [0.05, 0.1) is 0 Å². The number of esters is 2. The van der Waals surface area contributed by atoms with E-state index in [2.05, 4.69) is 19.9 Å². The van der Waals surface area contributed by atoms with E-state index in [9.17, 15) is 9.59 Å². The minimum atomic E-state index is -0.159. The molecule has 3 fully saturated rings. The van der Waals surface area contributed by atoms with Crippen molar-refractivity contribution >= 4 is 11.9 Å². The summed E-state index contributed by atoms with van der Waals surface area (Å²) in [7, 11) is 0. The lowest BCUT2D eigenvalue weighted by atomic mass is 9.48. The van der Waals surface area contributed by atoms with Crippen molar-refractivity contribution in [3.05, 3.63) is 11.6 Å². The molecule has 150 valence electrons. The molecule has 0 spiro atoms. The molecule has 3 saturated carbocycles. The van der Waals surface area contributed by atoms with E-state index >= 15 is 0 Å². The fourth-order valence-electron chi connectivity index (χ4n) is 7.28. The van der Waals surface area contributed by atoms with E-state index in [0.717, 1.165) is 38.5 Å². The molecule has 27 heavy (non-hydrogen) atoms. The van der Waals surface area contributed by atoms with Crippen LogP contribution < -0.4 is 0 Å². The van der Waals surface area contributed by atoms with Crippen LogP contribution in [0.1, 0.15) is 79.1 Å². The van der Waals surface area contributed by atoms with Gasteiger partial charge in [0.25, 0.3) is 0 Å². The molecule has 0 heterocycles. The Bertz CT molecular complexity index is 667. The van der Waals surface area contributed by atoms with Crippen LogP contribution >= 0.6 is 0 Å². The van der Waals surface area contributed by atoms with Gasteiger partial charge in [-0.05, 0) is 73.5 Å². The Morgan fingerprint density at radius 2 is 1.70 bits per heavy atom. The van der Waals surface area contributed by atoms with E-state index < -0.39 is 0 Å². The highest BCUT2D eigenvalue weighted by molar-refractivity contribution is 5.66. The maximum atomic E-state index is 11.5. The van der Waals surface area contributed by atoms with Gasteiger partial charge in [-0.1, -0.05) is 25.5 Å². The topological polar surface area (TPSA) is 52.6 Å². The van der Waals surface area contributed by atoms with Gasteiger partial charge in [0.15, 0.2) is 0 Å². The van der Waals surface area contributed by atoms with Crippen molar-refractivity contribution in [1.82, 2.24) is 0 Å². The molecule has 4 aliphatic carbocycles. The van der Waals surface area contributed by atoms with Gasteiger partial charge in [0.1, 0.15) is 12.2 Å². The number of carbonyl (C=O) groups excluding carboxylic acids is 2. The molecule has 0 saturated heterocycles. The smallest absolute Gasteiger partial charge is 0.302 e. The molecular weight excluding hydrogens is 340 g/mol. The van der Waals surface area contributed by atoms with Crippen LogP contribution in [0.2, 0.25) is 0 Å². The number of allylic oxidation sites excluding steroid dienone is 1. The zero-order valence-electron chi connectivity index (χ0n) is 17.3. The van der Waals surface area contributed by atoms with E-state index in [1.165, 1.54) is 32.3 Å². The second kappa shape index (κ2) is 6.63. The summed E-state index contributed by atoms with van der Waals surface area (Å²) in [6.45, 7) is 7.93. The zero-order chi connectivity index (χ0) is 19.4. The predicted molar refractivity (Wildman–Crippen MR) is 103 cm³/mol. The number of fused-ring (bicyclic) bond motifs is 5. The van der Waals surface area contributed by atoms with Crippen molar-refractivity contribution in [2.24, 2.45) is 28.6 Å². The second-order valence-electron chi connectivity index (χ2n) is 10.1. The molecule has 0 amide bonds. The maximum Gasteiger partial charge on any atom is 0.302 e. The Labute approximate surface area is 163 Å². The highest BCUT2D eigenvalue weighted by Gasteiger charge is 2.58. The summed E-state index contributed by atoms with van der Waals surface area (Å²) in [5.74, 6) is 1.77. The molecule has 7 atom stereocenters. The maximum absolute atomic E-state index is 11.5. The number of hydrogen-bond acceptors (Lipinski definition) is 4. The van der Waals surface area contributed by atoms with E-state index in [1.807, 2.05) is 0 Å². The van der Waals surface area contributed by atoms with Gasteiger partial charge in [-0.25, -0.2) is 0 Å². The minimum absolute atomic E-state index is 0.0621. The SMILES string of the molecule is CC(=O)O[C@@H]1C[C@H]2[C@@H]3CC=C4C[C@@H](OC(C)=O)CC[C@]4(C)[C@H]3CC[C@]2(C)C1. The zero-order valence-corrected chi connectivity index (χ0v) is 17.3. The van der Waals surface area contributed by atoms with Gasteiger partial charge in [0, 0.05) is 20.3 Å². The van der Waals surface area contributed by atoms with Crippen molar-refractivity contribution in [2.75, 3.05) is 0 Å². The van der Waals surface area contributed by atoms with Crippen molar-refractivity contribution in [2.45, 2.75) is 91.3 Å². The van der Waals surface area contributed by atoms with Crippen molar-refractivity contribution < 1.29 is 19.1 Å². The summed E-state index contributed by atoms with van der Waals surface area (Å²) in [6, 6.07) is 0. The van der Waals surface area contributed by atoms with Crippen LogP contribution in [0.5, 0.6) is 0 Å². The molecule has 0 radical (unpaired) electrons. The molecule has 0 N–H and O–H groups in total. The lowest BCUT2D eigenvalue weighted by Crippen LogP contribution is -2.49. The number of hydrogen-bond donors (Lipinski definition) is 0. The average molecular weight is 375 g/mol. The molecule has 0 bridgehead atoms. The number of rotatable bonds is 2. The molecule has 4 nitrogen and oxygen atoms in total. The molecule has 4 aliphatic rings. The molecule has 0 aromatic heterocycles. The summed E-state index contributed by atoms with van der Waals surface area (Å²) in [4.78, 5) is 22.8. The van der Waals surface area contributed by atoms with Crippen LogP contribution in [0.4, 0.5) is 0 Å². The predicted octanol–water partition coefficient (Wildman–Crippen LogP) is 4.81. The van der Waals surface area contributed by atoms with Crippen LogP contribution in [-0.4, -0.2) is 24.1 Å². The molecule has 4 rings (SSSR count). The van der Waals surface area contributed by atoms with E-state index in [1.54, 1.807) is 0 Å². The molecule has 0 aromatic carbocycles. The minimum Gasteiger partial charge on any atom is -0.463 e. The van der Waals surface area contributed by atoms with Crippen LogP contribution in [0, 0.1) is 28.6 Å². The van der Waals surface area contributed by atoms with Crippen molar-refractivity contribution in [1.29, 1.82) is 0 Å². The Kier molecular flexibility index (Phi) is 4.67. The third-order valence-electron chi connectivity index (χ3n) is 8.45. The molecule has 0 aromatic rings. The summed E-state index contributed by atoms with van der Waals surface area (Å²) in [5.41, 5.74) is 2.10. The fraction of sp³-hybridized carbons (Fsp3) is 0.826. The Hall–Kier alpha value is -1.32. The lowest BCUT2D eigenvalue weighted by molar-refractivity contribution is -0.149. The molecular formula is C23H34O4. The van der Waals surface area contributed by atoms with E-state index in [4.69, 9.17) is 9.47 Å². The van der Waals surface area contributed by atoms with Crippen LogP contribution in [0.3, 0.4) is 0 Å². The van der Waals surface area contributed by atoms with Gasteiger partial charge in [-0.2, -0.15) is 0 Å². The number of ether oxygens (including phenoxy) is 2. The third kappa shape index (κ3) is 3.23. The third-order valence-corrected chi connectivity index (χ3v) is 8.45. The number of carbonyl (C=O) groups is 2. The first kappa shape index (κ1) is 19.0. The quantitative estimate of drug-likeness (QED) is 0.514. The average Bonchev–Trinajstić information content (AvgIpc) is 2.90. The Morgan fingerprint density at radius 1 is 1.00 bits per heavy atom. The van der Waals surface area contributed by atoms with Gasteiger partial charge in [0.2, 0.25) is 0 Å². The van der Waals surface area contributed by atoms with Gasteiger partial charge >= 0.3 is 11.9 Å². The highest BCUT2D eigenvalue weighted by Crippen LogP contribution is 2.65. The summed E-state index contributed by atoms with van der Waals surface area (Å²) in [6.07, 6.45) is 11.4. The molecule has 0 unspecified atom stereocenters. The first-order chi connectivity index (χ1) is 12.7. The Morgan fingerprint density at radius 3 is 2.41 bits per heavy atom. The first-order valence-corrected chi connectivity index (χ1v) is 10.8. The monoisotopic (exact) mass is 374 g/mol. The van der Waals surface area contributed by atoms with Crippen LogP contribution in [-0.2, 0) is 19.1 Å². The fourth-order valence-corrected chi connectivity index (χ4v) is 7.28. The van der Waals surface area contributed by atoms with Crippen LogP contribution in [0.25, 0.3) is 0 Å². The van der Waals surface area contributed by atoms with Crippen LogP contribution in [0.15, 0.2) is 11.6 Å². The summed E-state index contributed by atoms with van der Waals surface area (Å²) < 4.78 is 11.2. The lowest BCUT2D eigenvalue weighted by Gasteiger charge is -2.57. The second-order valence-corrected chi connectivity index (χ2v) is 10.1. The van der Waals surface area contributed by atoms with E-state index in [-0.39, 0.29) is 29.6 Å². The van der Waals surface area contributed by atoms with Crippen molar-refractivity contribution in [3.8, 4) is 0 Å². The normalized spacial score (nSPS) is 45.8. The molecule has 0 aliphatic heterocycles. The highest BCUT2D eigenvalue weighted by atomic mass is 16.5. The summed E-state index contributed by atoms with van der Waals surface area (Å²) in [5, 5.41) is 0. The van der Waals surface area contributed by atoms with Crippen molar-refractivity contribution in [3.63, 3.8) is 0 Å². The molecule has 4 heteroatoms. The van der Waals surface area contributed by atoms with E-state index in [0.29, 0.717) is 23.2 Å². The standard InChI is InChI=1S/C23H34O4/c1-14(24)26-17-7-10-23(4)16(11-17)5-6-19-20(23)8-9-22(3)13-18(12-21(19)22)27-15(2)25/h5,17-21H,6-13H2,1-4H3/t17-,18+,19+,20-,21-,22+,23-/m0/s1. The summed E-state index contributed by atoms with van der Waals surface area (Å²) >= 11 is 0. The van der Waals surface area contributed by atoms with Gasteiger partial charge < -0.3 is 9.47 Å². The van der Waals surface area contributed by atoms with Gasteiger partial charge in [-0.15, -0.1) is 0 Å². The largest absolute Gasteiger partial charge is 0.463 e. The van der Waals surface area contributed by atoms with Gasteiger partial charge in [-0.3, -0.25) is 9.59 Å². The Balaban J connectivity index is 1.54.